The van der Waals surface area contributed by atoms with E-state index in [1.54, 1.807) is 20.3 Å². The molecule has 7 nitrogen and oxygen atoms in total. The Labute approximate surface area is 152 Å². The van der Waals surface area contributed by atoms with Gasteiger partial charge < -0.3 is 33.2 Å². The van der Waals surface area contributed by atoms with E-state index in [0.29, 0.717) is 66.1 Å². The molecule has 0 aliphatic heterocycles. The largest absolute Gasteiger partial charge is 0.382 e. The van der Waals surface area contributed by atoms with Gasteiger partial charge in [-0.25, -0.2) is 0 Å². The van der Waals surface area contributed by atoms with Crippen molar-refractivity contribution in [3.63, 3.8) is 0 Å². The standard InChI is InChI=1S/C18H36O7/c1-5-7-23-14-17(6-2)25-16-18(20-4)15-24-13-12-22-11-10-21-9-8-19-3/h5,17-18H,1,6-16H2,2-4H3. The molecule has 0 fully saturated rings. The van der Waals surface area contributed by atoms with Crippen molar-refractivity contribution in [3.8, 4) is 0 Å². The van der Waals surface area contributed by atoms with Gasteiger partial charge in [0.2, 0.25) is 0 Å². The van der Waals surface area contributed by atoms with Gasteiger partial charge in [-0.3, -0.25) is 0 Å². The molecule has 0 saturated carbocycles. The minimum absolute atomic E-state index is 0.0547. The number of hydrogen-bond donors (Lipinski definition) is 0. The van der Waals surface area contributed by atoms with Gasteiger partial charge >= 0.3 is 0 Å². The summed E-state index contributed by atoms with van der Waals surface area (Å²) in [5.74, 6) is 0. The van der Waals surface area contributed by atoms with Gasteiger partial charge in [-0.1, -0.05) is 13.0 Å². The lowest BCUT2D eigenvalue weighted by atomic mass is 10.3. The van der Waals surface area contributed by atoms with Crippen molar-refractivity contribution in [2.24, 2.45) is 0 Å². The lowest BCUT2D eigenvalue weighted by Crippen LogP contribution is -2.30. The minimum atomic E-state index is -0.106. The first-order valence-electron chi connectivity index (χ1n) is 8.83. The van der Waals surface area contributed by atoms with Gasteiger partial charge in [0, 0.05) is 14.2 Å². The molecular formula is C18H36O7. The maximum absolute atomic E-state index is 5.81. The highest BCUT2D eigenvalue weighted by Gasteiger charge is 2.13. The number of methoxy groups -OCH3 is 2. The van der Waals surface area contributed by atoms with Gasteiger partial charge in [-0.15, -0.1) is 6.58 Å². The van der Waals surface area contributed by atoms with E-state index >= 15 is 0 Å². The summed E-state index contributed by atoms with van der Waals surface area (Å²) in [5, 5.41) is 0. The van der Waals surface area contributed by atoms with Gasteiger partial charge in [0.1, 0.15) is 6.10 Å². The molecule has 25 heavy (non-hydrogen) atoms. The highest BCUT2D eigenvalue weighted by Crippen LogP contribution is 2.03. The fourth-order valence-corrected chi connectivity index (χ4v) is 1.79. The third-order valence-electron chi connectivity index (χ3n) is 3.33. The van der Waals surface area contributed by atoms with Crippen LogP contribution >= 0.6 is 0 Å². The van der Waals surface area contributed by atoms with Crippen molar-refractivity contribution in [1.29, 1.82) is 0 Å². The molecule has 0 heterocycles. The summed E-state index contributed by atoms with van der Waals surface area (Å²) in [6.07, 6.45) is 2.56. The molecule has 0 rings (SSSR count). The lowest BCUT2D eigenvalue weighted by Gasteiger charge is -2.20. The second-order valence-electron chi connectivity index (χ2n) is 5.34. The third-order valence-corrected chi connectivity index (χ3v) is 3.33. The molecule has 0 aromatic carbocycles. The molecule has 0 aromatic heterocycles. The molecule has 0 spiro atoms. The molecule has 2 unspecified atom stereocenters. The van der Waals surface area contributed by atoms with Crippen LogP contribution in [0.4, 0.5) is 0 Å². The van der Waals surface area contributed by atoms with Crippen molar-refractivity contribution >= 4 is 0 Å². The van der Waals surface area contributed by atoms with Crippen molar-refractivity contribution in [3.05, 3.63) is 12.7 Å². The van der Waals surface area contributed by atoms with Crippen LogP contribution in [-0.4, -0.2) is 92.5 Å². The van der Waals surface area contributed by atoms with Crippen molar-refractivity contribution < 1.29 is 33.2 Å². The van der Waals surface area contributed by atoms with Gasteiger partial charge in [-0.05, 0) is 6.42 Å². The fourth-order valence-electron chi connectivity index (χ4n) is 1.79. The van der Waals surface area contributed by atoms with Crippen LogP contribution in [0.3, 0.4) is 0 Å². The molecule has 0 amide bonds. The molecular weight excluding hydrogens is 328 g/mol. The SMILES string of the molecule is C=CCOCC(CC)OCC(COCCOCCOCCOC)OC. The van der Waals surface area contributed by atoms with E-state index < -0.39 is 0 Å². The maximum Gasteiger partial charge on any atom is 0.104 e. The van der Waals surface area contributed by atoms with E-state index in [1.165, 1.54) is 0 Å². The molecule has 0 aliphatic carbocycles. The quantitative estimate of drug-likeness (QED) is 0.241. The molecule has 0 radical (unpaired) electrons. The molecule has 0 aromatic rings. The Morgan fingerprint density at radius 2 is 1.36 bits per heavy atom. The number of hydrogen-bond acceptors (Lipinski definition) is 7. The first-order chi connectivity index (χ1) is 12.3. The Morgan fingerprint density at radius 1 is 0.760 bits per heavy atom. The molecule has 0 aliphatic rings. The smallest absolute Gasteiger partial charge is 0.104 e. The summed E-state index contributed by atoms with van der Waals surface area (Å²) in [4.78, 5) is 0. The Balaban J connectivity index is 3.56. The molecule has 0 saturated heterocycles. The summed E-state index contributed by atoms with van der Waals surface area (Å²) in [5.41, 5.74) is 0. The lowest BCUT2D eigenvalue weighted by molar-refractivity contribution is -0.0836. The Morgan fingerprint density at radius 3 is 1.92 bits per heavy atom. The van der Waals surface area contributed by atoms with Gasteiger partial charge in [0.25, 0.3) is 0 Å². The summed E-state index contributed by atoms with van der Waals surface area (Å²) >= 11 is 0. The molecule has 150 valence electrons. The molecule has 7 heteroatoms. The second-order valence-corrected chi connectivity index (χ2v) is 5.34. The first-order valence-corrected chi connectivity index (χ1v) is 8.83. The zero-order chi connectivity index (χ0) is 18.6. The predicted octanol–water partition coefficient (Wildman–Crippen LogP) is 1.70. The average Bonchev–Trinajstić information content (AvgIpc) is 2.64. The van der Waals surface area contributed by atoms with Crippen LogP contribution in [0, 0.1) is 0 Å². The first kappa shape index (κ1) is 24.5. The van der Waals surface area contributed by atoms with Gasteiger partial charge in [0.15, 0.2) is 0 Å². The summed E-state index contributed by atoms with van der Waals surface area (Å²) in [7, 11) is 3.30. The predicted molar refractivity (Wildman–Crippen MR) is 96.2 cm³/mol. The zero-order valence-electron chi connectivity index (χ0n) is 16.1. The van der Waals surface area contributed by atoms with Crippen LogP contribution in [0.1, 0.15) is 13.3 Å². The minimum Gasteiger partial charge on any atom is -0.382 e. The highest BCUT2D eigenvalue weighted by molar-refractivity contribution is 4.65. The normalized spacial score (nSPS) is 13.7. The molecule has 0 bridgehead atoms. The summed E-state index contributed by atoms with van der Waals surface area (Å²) < 4.78 is 37.8. The van der Waals surface area contributed by atoms with Crippen LogP contribution < -0.4 is 0 Å². The second kappa shape index (κ2) is 19.8. The highest BCUT2D eigenvalue weighted by atomic mass is 16.6. The molecule has 2 atom stereocenters. The average molecular weight is 364 g/mol. The van der Waals surface area contributed by atoms with Crippen molar-refractivity contribution in [2.45, 2.75) is 25.6 Å². The number of rotatable bonds is 20. The van der Waals surface area contributed by atoms with Crippen LogP contribution in [0.15, 0.2) is 12.7 Å². The Kier molecular flexibility index (Phi) is 19.4. The van der Waals surface area contributed by atoms with E-state index in [2.05, 4.69) is 13.5 Å². The van der Waals surface area contributed by atoms with E-state index in [9.17, 15) is 0 Å². The van der Waals surface area contributed by atoms with Gasteiger partial charge in [-0.2, -0.15) is 0 Å². The van der Waals surface area contributed by atoms with Crippen LogP contribution in [0.5, 0.6) is 0 Å². The van der Waals surface area contributed by atoms with E-state index in [1.807, 2.05) is 0 Å². The van der Waals surface area contributed by atoms with Crippen LogP contribution in [-0.2, 0) is 33.2 Å². The monoisotopic (exact) mass is 364 g/mol. The van der Waals surface area contributed by atoms with Crippen molar-refractivity contribution in [2.75, 3.05) is 80.3 Å². The van der Waals surface area contributed by atoms with Crippen molar-refractivity contribution in [1.82, 2.24) is 0 Å². The molecule has 0 N–H and O–H groups in total. The Bertz CT molecular complexity index is 276. The third kappa shape index (κ3) is 16.7. The zero-order valence-corrected chi connectivity index (χ0v) is 16.1. The van der Waals surface area contributed by atoms with Crippen LogP contribution in [0.25, 0.3) is 0 Å². The summed E-state index contributed by atoms with van der Waals surface area (Å²) in [6.45, 7) is 11.1. The number of ether oxygens (including phenoxy) is 7. The topological polar surface area (TPSA) is 64.6 Å². The van der Waals surface area contributed by atoms with E-state index in [-0.39, 0.29) is 12.2 Å². The Hall–Kier alpha value is -0.540. The van der Waals surface area contributed by atoms with Gasteiger partial charge in [0.05, 0.1) is 72.2 Å². The maximum atomic E-state index is 5.81. The van der Waals surface area contributed by atoms with E-state index in [0.717, 1.165) is 6.42 Å². The fraction of sp³-hybridized carbons (Fsp3) is 0.889. The summed E-state index contributed by atoms with van der Waals surface area (Å²) in [6, 6.07) is 0. The van der Waals surface area contributed by atoms with Crippen LogP contribution in [0.2, 0.25) is 0 Å². The van der Waals surface area contributed by atoms with E-state index in [4.69, 9.17) is 33.2 Å².